The fourth-order valence-corrected chi connectivity index (χ4v) is 4.86. The highest BCUT2D eigenvalue weighted by molar-refractivity contribution is 6.00. The number of nitrogens with one attached hydrogen (secondary N) is 2. The Balaban J connectivity index is 1.41. The number of rotatable bonds is 6. The van der Waals surface area contributed by atoms with Gasteiger partial charge < -0.3 is 20.4 Å². The van der Waals surface area contributed by atoms with Crippen LogP contribution in [-0.2, 0) is 0 Å². The van der Waals surface area contributed by atoms with Crippen LogP contribution < -0.4 is 15.5 Å². The largest absolute Gasteiger partial charge is 0.371 e. The highest BCUT2D eigenvalue weighted by Crippen LogP contribution is 2.30. The lowest BCUT2D eigenvalue weighted by molar-refractivity contribution is -0.384. The van der Waals surface area contributed by atoms with Crippen LogP contribution in [-0.4, -0.2) is 54.5 Å². The molecule has 2 saturated heterocycles. The van der Waals surface area contributed by atoms with E-state index in [2.05, 4.69) is 15.5 Å². The predicted molar refractivity (Wildman–Crippen MR) is 136 cm³/mol. The maximum atomic E-state index is 13.6. The van der Waals surface area contributed by atoms with E-state index in [1.54, 1.807) is 11.0 Å². The minimum atomic E-state index is -0.452. The Morgan fingerprint density at radius 1 is 1.03 bits per heavy atom. The minimum Gasteiger partial charge on any atom is -0.371 e. The van der Waals surface area contributed by atoms with Crippen molar-refractivity contribution >= 4 is 29.0 Å². The first kappa shape index (κ1) is 24.5. The molecule has 0 aromatic heterocycles. The van der Waals surface area contributed by atoms with Crippen molar-refractivity contribution < 1.29 is 14.5 Å². The molecule has 35 heavy (non-hydrogen) atoms. The summed E-state index contributed by atoms with van der Waals surface area (Å²) in [4.78, 5) is 40.8. The van der Waals surface area contributed by atoms with Gasteiger partial charge in [0.1, 0.15) is 0 Å². The summed E-state index contributed by atoms with van der Waals surface area (Å²) >= 11 is 0. The van der Waals surface area contributed by atoms with E-state index in [0.717, 1.165) is 62.1 Å². The van der Waals surface area contributed by atoms with E-state index in [0.29, 0.717) is 25.2 Å². The van der Waals surface area contributed by atoms with E-state index in [1.807, 2.05) is 31.2 Å². The van der Waals surface area contributed by atoms with Crippen molar-refractivity contribution in [2.75, 3.05) is 42.9 Å². The van der Waals surface area contributed by atoms with Crippen LogP contribution in [0.15, 0.2) is 42.5 Å². The van der Waals surface area contributed by atoms with E-state index in [4.69, 9.17) is 0 Å². The monoisotopic (exact) mass is 479 g/mol. The number of hydrogen-bond donors (Lipinski definition) is 2. The molecule has 0 radical (unpaired) electrons. The number of carbonyl (C=O) groups excluding carboxylic acids is 2. The topological polar surface area (TPSA) is 108 Å². The van der Waals surface area contributed by atoms with E-state index >= 15 is 0 Å². The lowest BCUT2D eigenvalue weighted by Gasteiger charge is -2.35. The van der Waals surface area contributed by atoms with Gasteiger partial charge in [-0.3, -0.25) is 14.9 Å². The lowest BCUT2D eigenvalue weighted by atomic mass is 9.96. The first-order valence-corrected chi connectivity index (χ1v) is 12.3. The lowest BCUT2D eigenvalue weighted by Crippen LogP contribution is -2.44. The Bertz CT molecular complexity index is 1070. The summed E-state index contributed by atoms with van der Waals surface area (Å²) in [5.41, 5.74) is 2.95. The number of nitro benzene ring substituents is 1. The van der Waals surface area contributed by atoms with E-state index < -0.39 is 4.92 Å². The molecule has 4 rings (SSSR count). The van der Waals surface area contributed by atoms with Crippen LogP contribution in [0.5, 0.6) is 0 Å². The first-order chi connectivity index (χ1) is 16.9. The number of aryl methyl sites for hydroxylation is 1. The van der Waals surface area contributed by atoms with Crippen molar-refractivity contribution in [3.63, 3.8) is 0 Å². The van der Waals surface area contributed by atoms with Gasteiger partial charge in [-0.15, -0.1) is 0 Å². The standard InChI is InChI=1S/C26H33N5O4/c1-19-7-9-21(10-8-19)28-26(33)27-17-20-6-5-15-30(18-20)25(32)23-16-22(31(34)35)11-12-24(23)29-13-3-2-4-14-29/h7-12,16,20H,2-6,13-15,17-18H2,1H3,(H2,27,28,33). The van der Waals surface area contributed by atoms with Gasteiger partial charge in [0.25, 0.3) is 11.6 Å². The van der Waals surface area contributed by atoms with Crippen LogP contribution in [0.2, 0.25) is 0 Å². The van der Waals surface area contributed by atoms with Gasteiger partial charge in [-0.1, -0.05) is 17.7 Å². The summed E-state index contributed by atoms with van der Waals surface area (Å²) in [5, 5.41) is 17.2. The average Bonchev–Trinajstić information content (AvgIpc) is 2.88. The van der Waals surface area contributed by atoms with Gasteiger partial charge in [0, 0.05) is 50.5 Å². The second-order valence-corrected chi connectivity index (χ2v) is 9.47. The molecule has 2 N–H and O–H groups in total. The van der Waals surface area contributed by atoms with Gasteiger partial charge in [-0.05, 0) is 63.1 Å². The van der Waals surface area contributed by atoms with Gasteiger partial charge in [-0.2, -0.15) is 0 Å². The van der Waals surface area contributed by atoms with Crippen LogP contribution in [0, 0.1) is 23.0 Å². The smallest absolute Gasteiger partial charge is 0.319 e. The fourth-order valence-electron chi connectivity index (χ4n) is 4.86. The van der Waals surface area contributed by atoms with Crippen molar-refractivity contribution in [1.29, 1.82) is 0 Å². The fraction of sp³-hybridized carbons (Fsp3) is 0.462. The van der Waals surface area contributed by atoms with Crippen LogP contribution in [0.1, 0.15) is 48.0 Å². The van der Waals surface area contributed by atoms with Crippen LogP contribution >= 0.6 is 0 Å². The molecule has 2 aromatic carbocycles. The molecule has 2 aromatic rings. The van der Waals surface area contributed by atoms with Gasteiger partial charge >= 0.3 is 6.03 Å². The summed E-state index contributed by atoms with van der Waals surface area (Å²) < 4.78 is 0. The third kappa shape index (κ3) is 6.29. The Morgan fingerprint density at radius 2 is 1.77 bits per heavy atom. The van der Waals surface area contributed by atoms with E-state index in [9.17, 15) is 19.7 Å². The Kier molecular flexibility index (Phi) is 7.84. The molecule has 2 aliphatic rings. The van der Waals surface area contributed by atoms with Crippen LogP contribution in [0.4, 0.5) is 21.9 Å². The van der Waals surface area contributed by atoms with Crippen molar-refractivity contribution in [1.82, 2.24) is 10.2 Å². The summed E-state index contributed by atoms with van der Waals surface area (Å²) in [6.45, 7) is 5.25. The molecule has 2 aliphatic heterocycles. The third-order valence-electron chi connectivity index (χ3n) is 6.79. The van der Waals surface area contributed by atoms with Gasteiger partial charge in [0.2, 0.25) is 0 Å². The molecular weight excluding hydrogens is 446 g/mol. The molecule has 0 saturated carbocycles. The molecule has 0 spiro atoms. The van der Waals surface area contributed by atoms with Gasteiger partial charge in [-0.25, -0.2) is 4.79 Å². The highest BCUT2D eigenvalue weighted by Gasteiger charge is 2.29. The van der Waals surface area contributed by atoms with Crippen molar-refractivity contribution in [2.24, 2.45) is 5.92 Å². The number of likely N-dealkylation sites (tertiary alicyclic amines) is 1. The molecular formula is C26H33N5O4. The molecule has 1 atom stereocenters. The number of urea groups is 1. The number of amides is 3. The molecule has 186 valence electrons. The predicted octanol–water partition coefficient (Wildman–Crippen LogP) is 4.57. The number of piperidine rings is 2. The molecule has 2 fully saturated rings. The molecule has 1 unspecified atom stereocenters. The quantitative estimate of drug-likeness (QED) is 0.466. The average molecular weight is 480 g/mol. The molecule has 0 bridgehead atoms. The summed E-state index contributed by atoms with van der Waals surface area (Å²) in [7, 11) is 0. The van der Waals surface area contributed by atoms with Crippen molar-refractivity contribution in [3.05, 3.63) is 63.7 Å². The summed E-state index contributed by atoms with van der Waals surface area (Å²) in [5.74, 6) is -0.0586. The first-order valence-electron chi connectivity index (χ1n) is 12.3. The highest BCUT2D eigenvalue weighted by atomic mass is 16.6. The van der Waals surface area contributed by atoms with E-state index in [-0.39, 0.29) is 23.5 Å². The number of hydrogen-bond acceptors (Lipinski definition) is 5. The zero-order chi connectivity index (χ0) is 24.8. The van der Waals surface area contributed by atoms with Crippen LogP contribution in [0.25, 0.3) is 0 Å². The minimum absolute atomic E-state index is 0.0721. The molecule has 2 heterocycles. The number of benzene rings is 2. The molecule has 9 heteroatoms. The summed E-state index contributed by atoms with van der Waals surface area (Å²) in [6.07, 6.45) is 4.98. The molecule has 3 amide bonds. The maximum absolute atomic E-state index is 13.6. The Hall–Kier alpha value is -3.62. The number of carbonyl (C=O) groups is 2. The molecule has 9 nitrogen and oxygen atoms in total. The second kappa shape index (κ2) is 11.2. The van der Waals surface area contributed by atoms with Gasteiger partial charge in [0.05, 0.1) is 16.2 Å². The zero-order valence-electron chi connectivity index (χ0n) is 20.2. The summed E-state index contributed by atoms with van der Waals surface area (Å²) in [6, 6.07) is 11.9. The number of anilines is 2. The number of non-ortho nitro benzene ring substituents is 1. The number of nitrogens with zero attached hydrogens (tertiary/aromatic N) is 3. The SMILES string of the molecule is Cc1ccc(NC(=O)NCC2CCCN(C(=O)c3cc([N+](=O)[O-])ccc3N3CCCCC3)C2)cc1. The maximum Gasteiger partial charge on any atom is 0.319 e. The third-order valence-corrected chi connectivity index (χ3v) is 6.79. The zero-order valence-corrected chi connectivity index (χ0v) is 20.2. The van der Waals surface area contributed by atoms with Crippen LogP contribution in [0.3, 0.4) is 0 Å². The Labute approximate surface area is 205 Å². The number of nitro groups is 1. The van der Waals surface area contributed by atoms with Crippen molar-refractivity contribution in [3.8, 4) is 0 Å². The normalized spacial score (nSPS) is 18.1. The van der Waals surface area contributed by atoms with Gasteiger partial charge in [0.15, 0.2) is 0 Å². The Morgan fingerprint density at radius 3 is 2.49 bits per heavy atom. The molecule has 0 aliphatic carbocycles. The van der Waals surface area contributed by atoms with Crippen molar-refractivity contribution in [2.45, 2.75) is 39.0 Å². The second-order valence-electron chi connectivity index (χ2n) is 9.47. The van der Waals surface area contributed by atoms with E-state index in [1.165, 1.54) is 12.1 Å².